The zero-order valence-corrected chi connectivity index (χ0v) is 11.3. The van der Waals surface area contributed by atoms with E-state index in [0.29, 0.717) is 17.2 Å². The van der Waals surface area contributed by atoms with E-state index in [0.717, 1.165) is 25.1 Å². The first-order valence-corrected chi connectivity index (χ1v) is 6.98. The highest BCUT2D eigenvalue weighted by molar-refractivity contribution is 6.20. The molecule has 0 amide bonds. The Labute approximate surface area is 117 Å². The molecule has 1 aromatic heterocycles. The van der Waals surface area contributed by atoms with Crippen LogP contribution >= 0.6 is 11.6 Å². The van der Waals surface area contributed by atoms with Gasteiger partial charge in [-0.3, -0.25) is 0 Å². The third kappa shape index (κ3) is 2.87. The molecule has 2 unspecified atom stereocenters. The summed E-state index contributed by atoms with van der Waals surface area (Å²) in [6.45, 7) is 0.871. The van der Waals surface area contributed by atoms with Crippen LogP contribution in [-0.2, 0) is 0 Å². The second kappa shape index (κ2) is 5.57. The molecule has 1 aliphatic carbocycles. The normalized spacial score (nSPS) is 22.6. The zero-order chi connectivity index (χ0) is 13.1. The van der Waals surface area contributed by atoms with Gasteiger partial charge in [0.1, 0.15) is 0 Å². The van der Waals surface area contributed by atoms with E-state index < -0.39 is 0 Å². The number of benzene rings is 1. The standard InChI is InChI=1S/C13H16ClN5/c14-11-7-6-10(8-11)9-15-13-16-17-18-19(13)12-4-2-1-3-5-12/h1-5,10-11H,6-9H2,(H,15,16,18). The Hall–Kier alpha value is -1.62. The molecule has 5 nitrogen and oxygen atoms in total. The number of hydrogen-bond donors (Lipinski definition) is 1. The van der Waals surface area contributed by atoms with Gasteiger partial charge in [-0.2, -0.15) is 4.68 Å². The predicted molar refractivity (Wildman–Crippen MR) is 74.6 cm³/mol. The molecular formula is C13H16ClN5. The Kier molecular flexibility index (Phi) is 3.64. The first kappa shape index (κ1) is 12.4. The third-order valence-electron chi connectivity index (χ3n) is 3.50. The van der Waals surface area contributed by atoms with Gasteiger partial charge in [0.25, 0.3) is 0 Å². The molecule has 1 aliphatic rings. The summed E-state index contributed by atoms with van der Waals surface area (Å²) in [5, 5.41) is 15.4. The van der Waals surface area contributed by atoms with Gasteiger partial charge in [-0.05, 0) is 47.7 Å². The van der Waals surface area contributed by atoms with Crippen LogP contribution in [0.25, 0.3) is 5.69 Å². The van der Waals surface area contributed by atoms with Gasteiger partial charge in [0.2, 0.25) is 5.95 Å². The van der Waals surface area contributed by atoms with Crippen molar-refractivity contribution >= 4 is 17.5 Å². The van der Waals surface area contributed by atoms with Crippen molar-refractivity contribution in [3.63, 3.8) is 0 Å². The van der Waals surface area contributed by atoms with Crippen molar-refractivity contribution in [2.75, 3.05) is 11.9 Å². The van der Waals surface area contributed by atoms with E-state index in [4.69, 9.17) is 11.6 Å². The minimum absolute atomic E-state index is 0.330. The minimum atomic E-state index is 0.330. The van der Waals surface area contributed by atoms with Crippen LogP contribution in [0.2, 0.25) is 0 Å². The first-order chi connectivity index (χ1) is 9.33. The number of nitrogens with one attached hydrogen (secondary N) is 1. The van der Waals surface area contributed by atoms with E-state index in [9.17, 15) is 0 Å². The van der Waals surface area contributed by atoms with Crippen LogP contribution in [-0.4, -0.2) is 32.1 Å². The molecule has 19 heavy (non-hydrogen) atoms. The van der Waals surface area contributed by atoms with E-state index in [-0.39, 0.29) is 0 Å². The van der Waals surface area contributed by atoms with Crippen molar-refractivity contribution in [2.45, 2.75) is 24.6 Å². The van der Waals surface area contributed by atoms with Crippen LogP contribution in [0.15, 0.2) is 30.3 Å². The maximum absolute atomic E-state index is 6.12. The smallest absolute Gasteiger partial charge is 0.247 e. The van der Waals surface area contributed by atoms with E-state index in [1.54, 1.807) is 4.68 Å². The highest BCUT2D eigenvalue weighted by Gasteiger charge is 2.23. The average molecular weight is 278 g/mol. The van der Waals surface area contributed by atoms with Gasteiger partial charge in [-0.25, -0.2) is 0 Å². The molecule has 1 heterocycles. The molecule has 100 valence electrons. The summed E-state index contributed by atoms with van der Waals surface area (Å²) < 4.78 is 1.72. The van der Waals surface area contributed by atoms with Gasteiger partial charge in [-0.1, -0.05) is 23.3 Å². The summed E-state index contributed by atoms with van der Waals surface area (Å²) in [6.07, 6.45) is 3.35. The number of hydrogen-bond acceptors (Lipinski definition) is 4. The molecule has 2 aromatic rings. The van der Waals surface area contributed by atoms with Gasteiger partial charge in [-0.15, -0.1) is 11.6 Å². The molecular weight excluding hydrogens is 262 g/mol. The Balaban J connectivity index is 1.67. The summed E-state index contributed by atoms with van der Waals surface area (Å²) in [6, 6.07) is 9.86. The topological polar surface area (TPSA) is 55.6 Å². The van der Waals surface area contributed by atoms with Crippen LogP contribution in [0.1, 0.15) is 19.3 Å². The highest BCUT2D eigenvalue weighted by Crippen LogP contribution is 2.29. The molecule has 6 heteroatoms. The van der Waals surface area contributed by atoms with Gasteiger partial charge in [0, 0.05) is 11.9 Å². The lowest BCUT2D eigenvalue weighted by Crippen LogP contribution is -2.15. The molecule has 2 atom stereocenters. The van der Waals surface area contributed by atoms with E-state index >= 15 is 0 Å². The van der Waals surface area contributed by atoms with Crippen molar-refractivity contribution in [1.29, 1.82) is 0 Å². The van der Waals surface area contributed by atoms with Gasteiger partial charge in [0.05, 0.1) is 5.69 Å². The number of aromatic nitrogens is 4. The third-order valence-corrected chi connectivity index (χ3v) is 3.89. The quantitative estimate of drug-likeness (QED) is 0.873. The van der Waals surface area contributed by atoms with Crippen molar-refractivity contribution in [3.05, 3.63) is 30.3 Å². The number of para-hydroxylation sites is 1. The van der Waals surface area contributed by atoms with Gasteiger partial charge < -0.3 is 5.32 Å². The summed E-state index contributed by atoms with van der Waals surface area (Å²) in [7, 11) is 0. The molecule has 0 radical (unpaired) electrons. The number of anilines is 1. The maximum Gasteiger partial charge on any atom is 0.247 e. The number of halogens is 1. The van der Waals surface area contributed by atoms with Crippen LogP contribution in [0.3, 0.4) is 0 Å². The van der Waals surface area contributed by atoms with Crippen molar-refractivity contribution < 1.29 is 0 Å². The number of tetrazole rings is 1. The zero-order valence-electron chi connectivity index (χ0n) is 10.5. The molecule has 1 fully saturated rings. The summed E-state index contributed by atoms with van der Waals surface area (Å²) in [4.78, 5) is 0. The Bertz CT molecular complexity index is 527. The van der Waals surface area contributed by atoms with E-state index in [1.807, 2.05) is 30.3 Å². The van der Waals surface area contributed by atoms with Crippen LogP contribution in [0.4, 0.5) is 5.95 Å². The van der Waals surface area contributed by atoms with Crippen LogP contribution in [0.5, 0.6) is 0 Å². The molecule has 0 aliphatic heterocycles. The van der Waals surface area contributed by atoms with Crippen LogP contribution < -0.4 is 5.32 Å². The Morgan fingerprint density at radius 3 is 2.84 bits per heavy atom. The Morgan fingerprint density at radius 1 is 1.26 bits per heavy atom. The molecule has 3 rings (SSSR count). The fourth-order valence-corrected chi connectivity index (χ4v) is 2.85. The Morgan fingerprint density at radius 2 is 2.11 bits per heavy atom. The van der Waals surface area contributed by atoms with Crippen LogP contribution in [0, 0.1) is 5.92 Å². The average Bonchev–Trinajstić information content (AvgIpc) is 3.06. The fourth-order valence-electron chi connectivity index (χ4n) is 2.48. The second-order valence-corrected chi connectivity index (χ2v) is 5.52. The fraction of sp³-hybridized carbons (Fsp3) is 0.462. The summed E-state index contributed by atoms with van der Waals surface area (Å²) >= 11 is 6.12. The van der Waals surface area contributed by atoms with Gasteiger partial charge in [0.15, 0.2) is 0 Å². The van der Waals surface area contributed by atoms with Crippen molar-refractivity contribution in [1.82, 2.24) is 20.2 Å². The molecule has 1 saturated carbocycles. The SMILES string of the molecule is ClC1CCC(CNc2nnnn2-c2ccccc2)C1. The highest BCUT2D eigenvalue weighted by atomic mass is 35.5. The largest absolute Gasteiger partial charge is 0.352 e. The van der Waals surface area contributed by atoms with Crippen molar-refractivity contribution in [2.24, 2.45) is 5.92 Å². The molecule has 1 aromatic carbocycles. The maximum atomic E-state index is 6.12. The predicted octanol–water partition coefficient (Wildman–Crippen LogP) is 2.48. The second-order valence-electron chi connectivity index (χ2n) is 4.91. The van der Waals surface area contributed by atoms with Crippen molar-refractivity contribution in [3.8, 4) is 5.69 Å². The lowest BCUT2D eigenvalue weighted by atomic mass is 10.1. The molecule has 0 saturated heterocycles. The summed E-state index contributed by atoms with van der Waals surface area (Å²) in [5.41, 5.74) is 0.955. The minimum Gasteiger partial charge on any atom is -0.352 e. The monoisotopic (exact) mass is 277 g/mol. The number of alkyl halides is 1. The first-order valence-electron chi connectivity index (χ1n) is 6.54. The van der Waals surface area contributed by atoms with E-state index in [1.165, 1.54) is 6.42 Å². The molecule has 0 spiro atoms. The molecule has 0 bridgehead atoms. The number of nitrogens with zero attached hydrogens (tertiary/aromatic N) is 4. The summed E-state index contributed by atoms with van der Waals surface area (Å²) in [5.74, 6) is 1.30. The van der Waals surface area contributed by atoms with Gasteiger partial charge >= 0.3 is 0 Å². The molecule has 1 N–H and O–H groups in total. The van der Waals surface area contributed by atoms with E-state index in [2.05, 4.69) is 20.8 Å². The lowest BCUT2D eigenvalue weighted by molar-refractivity contribution is 0.577. The number of rotatable bonds is 4. The lowest BCUT2D eigenvalue weighted by Gasteiger charge is -2.11.